The first-order valence-corrected chi connectivity index (χ1v) is 7.37. The van der Waals surface area contributed by atoms with E-state index in [1.165, 1.54) is 0 Å². The molecule has 0 radical (unpaired) electrons. The lowest BCUT2D eigenvalue weighted by molar-refractivity contribution is 0.392. The summed E-state index contributed by atoms with van der Waals surface area (Å²) < 4.78 is 11.5. The Balaban J connectivity index is 1.86. The first-order chi connectivity index (χ1) is 10.3. The van der Waals surface area contributed by atoms with Gasteiger partial charge in [0.05, 0.1) is 6.04 Å². The van der Waals surface area contributed by atoms with Crippen LogP contribution in [-0.2, 0) is 0 Å². The molecule has 0 saturated carbocycles. The molecule has 0 saturated heterocycles. The van der Waals surface area contributed by atoms with Gasteiger partial charge in [0.15, 0.2) is 5.76 Å². The highest BCUT2D eigenvalue weighted by Crippen LogP contribution is 2.28. The van der Waals surface area contributed by atoms with Crippen LogP contribution in [0.2, 0.25) is 0 Å². The minimum atomic E-state index is 0.0931. The Morgan fingerprint density at radius 3 is 2.76 bits per heavy atom. The molecule has 0 aliphatic heterocycles. The fourth-order valence-electron chi connectivity index (χ4n) is 2.29. The predicted molar refractivity (Wildman–Crippen MR) is 80.8 cm³/mol. The van der Waals surface area contributed by atoms with E-state index >= 15 is 0 Å². The van der Waals surface area contributed by atoms with Crippen molar-refractivity contribution in [1.29, 1.82) is 0 Å². The second kappa shape index (κ2) is 6.10. The van der Waals surface area contributed by atoms with E-state index in [0.29, 0.717) is 17.5 Å². The van der Waals surface area contributed by atoms with Crippen molar-refractivity contribution >= 4 is 11.0 Å². The van der Waals surface area contributed by atoms with Crippen LogP contribution in [0.3, 0.4) is 0 Å². The van der Waals surface area contributed by atoms with Crippen molar-refractivity contribution < 1.29 is 8.83 Å². The number of fused-ring (bicyclic) bond motifs is 1. The molecule has 2 aromatic heterocycles. The molecule has 0 amide bonds. The van der Waals surface area contributed by atoms with Gasteiger partial charge in [-0.2, -0.15) is 0 Å². The van der Waals surface area contributed by atoms with Crippen LogP contribution in [-0.4, -0.2) is 16.7 Å². The lowest BCUT2D eigenvalue weighted by Crippen LogP contribution is -2.21. The Kier molecular flexibility index (Phi) is 4.01. The van der Waals surface area contributed by atoms with Crippen molar-refractivity contribution in [3.8, 4) is 11.7 Å². The zero-order chi connectivity index (χ0) is 14.7. The normalized spacial score (nSPS) is 12.9. The number of furan rings is 1. The summed E-state index contributed by atoms with van der Waals surface area (Å²) in [6.07, 6.45) is 1.98. The zero-order valence-corrected chi connectivity index (χ0v) is 12.3. The maximum Gasteiger partial charge on any atom is 0.283 e. The molecule has 5 heteroatoms. The largest absolute Gasteiger partial charge is 0.451 e. The first kappa shape index (κ1) is 13.8. The number of hydrogen-bond acceptors (Lipinski definition) is 5. The minimum absolute atomic E-state index is 0.0931. The second-order valence-electron chi connectivity index (χ2n) is 5.01. The lowest BCUT2D eigenvalue weighted by atomic mass is 10.2. The highest BCUT2D eigenvalue weighted by Gasteiger charge is 2.18. The van der Waals surface area contributed by atoms with Crippen LogP contribution in [0.15, 0.2) is 39.2 Å². The molecule has 5 nitrogen and oxygen atoms in total. The molecule has 1 N–H and O–H groups in total. The molecule has 0 aliphatic carbocycles. The van der Waals surface area contributed by atoms with E-state index in [9.17, 15) is 0 Å². The molecule has 0 bridgehead atoms. The standard InChI is InChI=1S/C16H19N3O2/c1-3-9-17-12(4-2)15-18-19-16(21-15)14-10-11-7-5-6-8-13(11)20-14/h5-8,10,12,17H,3-4,9H2,1-2H3. The number of aromatic nitrogens is 2. The number of rotatable bonds is 6. The van der Waals surface area contributed by atoms with Crippen molar-refractivity contribution in [1.82, 2.24) is 15.5 Å². The van der Waals surface area contributed by atoms with Crippen LogP contribution < -0.4 is 5.32 Å². The molecule has 0 aliphatic rings. The average molecular weight is 285 g/mol. The Labute approximate surface area is 123 Å². The number of nitrogens with one attached hydrogen (secondary N) is 1. The molecule has 21 heavy (non-hydrogen) atoms. The lowest BCUT2D eigenvalue weighted by Gasteiger charge is -2.11. The van der Waals surface area contributed by atoms with Crippen LogP contribution in [0, 0.1) is 0 Å². The van der Waals surface area contributed by atoms with Gasteiger partial charge in [-0.25, -0.2) is 0 Å². The molecule has 0 spiro atoms. The first-order valence-electron chi connectivity index (χ1n) is 7.37. The Hall–Kier alpha value is -2.14. The van der Waals surface area contributed by atoms with E-state index < -0.39 is 0 Å². The zero-order valence-electron chi connectivity index (χ0n) is 12.3. The SMILES string of the molecule is CCCNC(CC)c1nnc(-c2cc3ccccc3o2)o1. The number of para-hydroxylation sites is 1. The third-order valence-electron chi connectivity index (χ3n) is 3.42. The second-order valence-corrected chi connectivity index (χ2v) is 5.01. The fraction of sp³-hybridized carbons (Fsp3) is 0.375. The Morgan fingerprint density at radius 2 is 2.00 bits per heavy atom. The third kappa shape index (κ3) is 2.83. The molecule has 2 heterocycles. The van der Waals surface area contributed by atoms with Gasteiger partial charge in [0.2, 0.25) is 5.89 Å². The van der Waals surface area contributed by atoms with Gasteiger partial charge in [0.25, 0.3) is 5.89 Å². The summed E-state index contributed by atoms with van der Waals surface area (Å²) in [4.78, 5) is 0. The average Bonchev–Trinajstić information content (AvgIpc) is 3.14. The van der Waals surface area contributed by atoms with Gasteiger partial charge in [-0.1, -0.05) is 32.0 Å². The molecule has 3 aromatic rings. The molecular formula is C16H19N3O2. The summed E-state index contributed by atoms with van der Waals surface area (Å²) in [5, 5.41) is 12.7. The molecular weight excluding hydrogens is 266 g/mol. The Morgan fingerprint density at radius 1 is 1.14 bits per heavy atom. The molecule has 3 rings (SSSR count). The van der Waals surface area contributed by atoms with E-state index in [1.54, 1.807) is 0 Å². The van der Waals surface area contributed by atoms with Gasteiger partial charge >= 0.3 is 0 Å². The maximum absolute atomic E-state index is 5.77. The van der Waals surface area contributed by atoms with Gasteiger partial charge in [-0.3, -0.25) is 0 Å². The van der Waals surface area contributed by atoms with Crippen LogP contribution in [0.5, 0.6) is 0 Å². The summed E-state index contributed by atoms with van der Waals surface area (Å²) in [6, 6.07) is 9.85. The van der Waals surface area contributed by atoms with Gasteiger partial charge in [0.1, 0.15) is 5.58 Å². The molecule has 1 unspecified atom stereocenters. The highest BCUT2D eigenvalue weighted by molar-refractivity contribution is 5.81. The predicted octanol–water partition coefficient (Wildman–Crippen LogP) is 3.93. The van der Waals surface area contributed by atoms with Gasteiger partial charge in [-0.05, 0) is 31.5 Å². The van der Waals surface area contributed by atoms with Gasteiger partial charge in [-0.15, -0.1) is 10.2 Å². The Bertz CT molecular complexity index is 684. The minimum Gasteiger partial charge on any atom is -0.451 e. The van der Waals surface area contributed by atoms with Crippen molar-refractivity contribution in [3.05, 3.63) is 36.2 Å². The summed E-state index contributed by atoms with van der Waals surface area (Å²) in [5.74, 6) is 1.65. The van der Waals surface area contributed by atoms with Gasteiger partial charge < -0.3 is 14.2 Å². The van der Waals surface area contributed by atoms with Crippen molar-refractivity contribution in [2.24, 2.45) is 0 Å². The summed E-state index contributed by atoms with van der Waals surface area (Å²) >= 11 is 0. The topological polar surface area (TPSA) is 64.1 Å². The summed E-state index contributed by atoms with van der Waals surface area (Å²) in [6.45, 7) is 5.16. The number of benzene rings is 1. The van der Waals surface area contributed by atoms with Crippen LogP contribution >= 0.6 is 0 Å². The van der Waals surface area contributed by atoms with E-state index in [0.717, 1.165) is 30.4 Å². The number of nitrogens with zero attached hydrogens (tertiary/aromatic N) is 2. The van der Waals surface area contributed by atoms with E-state index in [-0.39, 0.29) is 6.04 Å². The maximum atomic E-state index is 5.77. The molecule has 110 valence electrons. The van der Waals surface area contributed by atoms with Crippen molar-refractivity contribution in [2.45, 2.75) is 32.7 Å². The van der Waals surface area contributed by atoms with E-state index in [4.69, 9.17) is 8.83 Å². The summed E-state index contributed by atoms with van der Waals surface area (Å²) in [5.41, 5.74) is 0.823. The van der Waals surface area contributed by atoms with Crippen LogP contribution in [0.25, 0.3) is 22.6 Å². The summed E-state index contributed by atoms with van der Waals surface area (Å²) in [7, 11) is 0. The van der Waals surface area contributed by atoms with E-state index in [2.05, 4.69) is 29.4 Å². The third-order valence-corrected chi connectivity index (χ3v) is 3.42. The monoisotopic (exact) mass is 285 g/mol. The highest BCUT2D eigenvalue weighted by atomic mass is 16.4. The van der Waals surface area contributed by atoms with E-state index in [1.807, 2.05) is 30.3 Å². The van der Waals surface area contributed by atoms with Crippen LogP contribution in [0.4, 0.5) is 0 Å². The molecule has 1 atom stereocenters. The van der Waals surface area contributed by atoms with Gasteiger partial charge in [0, 0.05) is 5.39 Å². The number of hydrogen-bond donors (Lipinski definition) is 1. The molecule has 0 fully saturated rings. The van der Waals surface area contributed by atoms with Crippen LogP contribution in [0.1, 0.15) is 38.6 Å². The smallest absolute Gasteiger partial charge is 0.283 e. The van der Waals surface area contributed by atoms with Crippen molar-refractivity contribution in [3.63, 3.8) is 0 Å². The molecule has 1 aromatic carbocycles. The quantitative estimate of drug-likeness (QED) is 0.743. The fourth-order valence-corrected chi connectivity index (χ4v) is 2.29. The van der Waals surface area contributed by atoms with Crippen molar-refractivity contribution in [2.75, 3.05) is 6.54 Å².